The van der Waals surface area contributed by atoms with Crippen LogP contribution >= 0.6 is 0 Å². The number of imidazole rings is 1. The highest BCUT2D eigenvalue weighted by Crippen LogP contribution is 2.20. The zero-order valence-corrected chi connectivity index (χ0v) is 9.93. The van der Waals surface area contributed by atoms with Gasteiger partial charge in [0, 0.05) is 5.69 Å². The predicted octanol–water partition coefficient (Wildman–Crippen LogP) is 1.23. The number of anilines is 3. The number of aromatic nitrogens is 2. The number of aryl methyl sites for hydroxylation is 1. The van der Waals surface area contributed by atoms with Crippen LogP contribution in [0.1, 0.15) is 7.43 Å². The van der Waals surface area contributed by atoms with Gasteiger partial charge in [-0.05, 0) is 18.2 Å². The van der Waals surface area contributed by atoms with Crippen LogP contribution in [-0.4, -0.2) is 11.1 Å². The molecule has 18 heavy (non-hydrogen) atoms. The summed E-state index contributed by atoms with van der Waals surface area (Å²) in [6, 6.07) is 5.51. The van der Waals surface area contributed by atoms with Crippen LogP contribution in [0.3, 0.4) is 0 Å². The lowest BCUT2D eigenvalue weighted by Gasteiger charge is -2.08. The number of nitrogens with zero attached hydrogens (tertiary/aromatic N) is 2. The number of nitrogen functional groups attached to an aromatic ring is 2. The van der Waals surface area contributed by atoms with E-state index in [1.807, 2.05) is 42.5 Å². The lowest BCUT2D eigenvalue weighted by Crippen LogP contribution is -2.24. The van der Waals surface area contributed by atoms with E-state index in [2.05, 4.69) is 9.88 Å². The van der Waals surface area contributed by atoms with E-state index in [0.29, 0.717) is 11.4 Å². The molecule has 2 aromatic rings. The Morgan fingerprint density at radius 1 is 1.33 bits per heavy atom. The number of hydrogen-bond donors (Lipinski definition) is 3. The summed E-state index contributed by atoms with van der Waals surface area (Å²) in [5.74, 6) is 0. The van der Waals surface area contributed by atoms with Gasteiger partial charge in [-0.1, -0.05) is 7.43 Å². The van der Waals surface area contributed by atoms with Gasteiger partial charge in [0.2, 0.25) is 6.33 Å². The normalized spacial score (nSPS) is 9.83. The largest absolute Gasteiger partial charge is 0.399 e. The molecule has 2 rings (SSSR count). The van der Waals surface area contributed by atoms with Crippen molar-refractivity contribution in [3.63, 3.8) is 0 Å². The number of hydrogen-bond acceptors (Lipinski definition) is 3. The van der Waals surface area contributed by atoms with E-state index in [4.69, 9.17) is 11.5 Å². The molecule has 1 aromatic heterocycles. The molecule has 0 amide bonds. The Morgan fingerprint density at radius 2 is 2.11 bits per heavy atom. The van der Waals surface area contributed by atoms with Gasteiger partial charge in [0.15, 0.2) is 0 Å². The smallest absolute Gasteiger partial charge is 0.243 e. The van der Waals surface area contributed by atoms with Crippen LogP contribution in [0.25, 0.3) is 0 Å². The summed E-state index contributed by atoms with van der Waals surface area (Å²) in [6.45, 7) is 1.72. The second-order valence-electron chi connectivity index (χ2n) is 4.09. The maximum Gasteiger partial charge on any atom is 0.243 e. The van der Waals surface area contributed by atoms with Crippen molar-refractivity contribution < 1.29 is 4.57 Å². The van der Waals surface area contributed by atoms with E-state index in [1.54, 1.807) is 6.07 Å². The molecule has 0 fully saturated rings. The molecule has 0 saturated carbocycles. The molecule has 98 valence electrons. The van der Waals surface area contributed by atoms with Gasteiger partial charge in [0.25, 0.3) is 0 Å². The number of nitrogens with one attached hydrogen (secondary N) is 1. The van der Waals surface area contributed by atoms with Gasteiger partial charge in [0.05, 0.1) is 25.0 Å². The van der Waals surface area contributed by atoms with Crippen molar-refractivity contribution in [2.45, 2.75) is 14.0 Å². The molecule has 1 aromatic carbocycles. The highest BCUT2D eigenvalue weighted by molar-refractivity contribution is 5.70. The zero-order chi connectivity index (χ0) is 12.3. The molecule has 1 heterocycles. The van der Waals surface area contributed by atoms with Gasteiger partial charge >= 0.3 is 0 Å². The van der Waals surface area contributed by atoms with Crippen LogP contribution in [0, 0.1) is 0 Å². The van der Waals surface area contributed by atoms with Gasteiger partial charge in [-0.25, -0.2) is 9.13 Å². The van der Waals surface area contributed by atoms with Crippen molar-refractivity contribution in [3.05, 3.63) is 36.9 Å². The zero-order valence-electron chi connectivity index (χ0n) is 9.93. The second kappa shape index (κ2) is 5.95. The minimum atomic E-state index is 0. The van der Waals surface area contributed by atoms with Crippen LogP contribution < -0.4 is 21.4 Å². The van der Waals surface area contributed by atoms with Crippen molar-refractivity contribution in [1.82, 2.24) is 4.57 Å². The van der Waals surface area contributed by atoms with E-state index in [1.165, 1.54) is 0 Å². The summed E-state index contributed by atoms with van der Waals surface area (Å²) in [5.41, 5.74) is 13.8. The van der Waals surface area contributed by atoms with E-state index in [-0.39, 0.29) is 7.43 Å². The molecule has 0 aliphatic rings. The Labute approximate surface area is 108 Å². The Bertz CT molecular complexity index is 504. The Balaban J connectivity index is 0.00000162. The fourth-order valence-corrected chi connectivity index (χ4v) is 1.70. The molecule has 0 unspecified atom stereocenters. The summed E-state index contributed by atoms with van der Waals surface area (Å²) in [6.07, 6.45) is 6.08. The van der Waals surface area contributed by atoms with E-state index in [9.17, 15) is 0 Å². The SMILES string of the molecule is C.C[n+]1ccn(CCNc2ccc(N)cc2N)c1. The van der Waals surface area contributed by atoms with Crippen molar-refractivity contribution in [2.75, 3.05) is 23.3 Å². The average molecular weight is 248 g/mol. The molecule has 5 heteroatoms. The van der Waals surface area contributed by atoms with E-state index < -0.39 is 0 Å². The number of nitrogens with two attached hydrogens (primary N) is 2. The Morgan fingerprint density at radius 3 is 2.72 bits per heavy atom. The van der Waals surface area contributed by atoms with Crippen LogP contribution in [0.4, 0.5) is 17.1 Å². The van der Waals surface area contributed by atoms with E-state index in [0.717, 1.165) is 18.8 Å². The van der Waals surface area contributed by atoms with Gasteiger partial charge in [0.1, 0.15) is 18.9 Å². The third-order valence-corrected chi connectivity index (χ3v) is 2.58. The fraction of sp³-hybridized carbons (Fsp3) is 0.308. The molecule has 0 atom stereocenters. The first kappa shape index (κ1) is 13.9. The molecule has 0 saturated heterocycles. The van der Waals surface area contributed by atoms with Crippen molar-refractivity contribution in [3.8, 4) is 0 Å². The molecule has 0 aliphatic heterocycles. The van der Waals surface area contributed by atoms with Crippen LogP contribution in [0.2, 0.25) is 0 Å². The Hall–Kier alpha value is -2.17. The number of rotatable bonds is 4. The summed E-state index contributed by atoms with van der Waals surface area (Å²) >= 11 is 0. The molecule has 0 bridgehead atoms. The lowest BCUT2D eigenvalue weighted by atomic mass is 10.2. The van der Waals surface area contributed by atoms with Gasteiger partial charge in [-0.15, -0.1) is 0 Å². The maximum atomic E-state index is 5.85. The highest BCUT2D eigenvalue weighted by atomic mass is 15.1. The molecular weight excluding hydrogens is 226 g/mol. The average Bonchev–Trinajstić information content (AvgIpc) is 2.68. The standard InChI is InChI=1S/C12H18N5.CH4/c1-16-6-7-17(9-16)5-4-15-12-3-2-10(13)8-11(12)14;/h2-3,6-9,15H,4-5,13-14H2,1H3;1H4/q+1;. The third kappa shape index (κ3) is 3.41. The summed E-state index contributed by atoms with van der Waals surface area (Å²) < 4.78 is 4.12. The number of benzene rings is 1. The van der Waals surface area contributed by atoms with Crippen molar-refractivity contribution in [1.29, 1.82) is 0 Å². The molecule has 0 aliphatic carbocycles. The fourth-order valence-electron chi connectivity index (χ4n) is 1.70. The van der Waals surface area contributed by atoms with Gasteiger partial charge in [-0.2, -0.15) is 0 Å². The monoisotopic (exact) mass is 248 g/mol. The van der Waals surface area contributed by atoms with Crippen molar-refractivity contribution >= 4 is 17.1 Å². The molecular formula is C13H22N5+. The predicted molar refractivity (Wildman–Crippen MR) is 76.1 cm³/mol. The molecule has 5 N–H and O–H groups in total. The summed E-state index contributed by atoms with van der Waals surface area (Å²) in [4.78, 5) is 0. The second-order valence-corrected chi connectivity index (χ2v) is 4.09. The van der Waals surface area contributed by atoms with Gasteiger partial charge in [-0.3, -0.25) is 0 Å². The summed E-state index contributed by atoms with van der Waals surface area (Å²) in [7, 11) is 2.00. The topological polar surface area (TPSA) is 72.9 Å². The van der Waals surface area contributed by atoms with Crippen LogP contribution in [-0.2, 0) is 13.6 Å². The van der Waals surface area contributed by atoms with Crippen LogP contribution in [0.15, 0.2) is 36.9 Å². The molecule has 5 nitrogen and oxygen atoms in total. The molecule has 0 radical (unpaired) electrons. The quantitative estimate of drug-likeness (QED) is 0.563. The van der Waals surface area contributed by atoms with E-state index >= 15 is 0 Å². The minimum Gasteiger partial charge on any atom is -0.399 e. The first-order chi connectivity index (χ1) is 8.15. The van der Waals surface area contributed by atoms with Crippen LogP contribution in [0.5, 0.6) is 0 Å². The van der Waals surface area contributed by atoms with Crippen molar-refractivity contribution in [2.24, 2.45) is 7.05 Å². The first-order valence-electron chi connectivity index (χ1n) is 5.55. The molecule has 0 spiro atoms. The third-order valence-electron chi connectivity index (χ3n) is 2.58. The minimum absolute atomic E-state index is 0. The first-order valence-corrected chi connectivity index (χ1v) is 5.55. The Kier molecular flexibility index (Phi) is 4.59. The lowest BCUT2D eigenvalue weighted by molar-refractivity contribution is -0.671. The van der Waals surface area contributed by atoms with Gasteiger partial charge < -0.3 is 16.8 Å². The highest BCUT2D eigenvalue weighted by Gasteiger charge is 2.01. The summed E-state index contributed by atoms with van der Waals surface area (Å²) in [5, 5.41) is 3.29. The maximum absolute atomic E-state index is 5.85.